The molecule has 1 N–H and O–H groups in total. The van der Waals surface area contributed by atoms with E-state index in [4.69, 9.17) is 16.3 Å². The van der Waals surface area contributed by atoms with E-state index in [0.717, 1.165) is 33.8 Å². The first-order chi connectivity index (χ1) is 22.1. The molecule has 0 unspecified atom stereocenters. The number of halogens is 1. The van der Waals surface area contributed by atoms with E-state index < -0.39 is 28.5 Å². The third-order valence-corrected chi connectivity index (χ3v) is 9.61. The summed E-state index contributed by atoms with van der Waals surface area (Å²) in [6.07, 6.45) is 1.91. The maximum Gasteiger partial charge on any atom is 0.264 e. The number of carbonyl (C=O) groups excluding carboxylic acids is 2. The third kappa shape index (κ3) is 8.89. The Kier molecular flexibility index (Phi) is 12.2. The largest absolute Gasteiger partial charge is 0.495 e. The fourth-order valence-corrected chi connectivity index (χ4v) is 6.64. The van der Waals surface area contributed by atoms with Crippen LogP contribution in [0.25, 0.3) is 0 Å². The van der Waals surface area contributed by atoms with Crippen molar-refractivity contribution in [3.05, 3.63) is 125 Å². The molecule has 0 spiro atoms. The molecule has 0 bridgehead atoms. The van der Waals surface area contributed by atoms with E-state index in [-0.39, 0.29) is 29.5 Å². The number of carbonyl (C=O) groups is 2. The first-order valence-electron chi connectivity index (χ1n) is 15.2. The van der Waals surface area contributed by atoms with Crippen LogP contribution < -0.4 is 14.4 Å². The van der Waals surface area contributed by atoms with Gasteiger partial charge in [-0.15, -0.1) is 0 Å². The van der Waals surface area contributed by atoms with Crippen LogP contribution in [0.4, 0.5) is 5.69 Å². The van der Waals surface area contributed by atoms with Gasteiger partial charge in [0.15, 0.2) is 0 Å². The Morgan fingerprint density at radius 1 is 0.891 bits per heavy atom. The molecule has 242 valence electrons. The minimum atomic E-state index is -4.25. The number of benzene rings is 4. The third-order valence-electron chi connectivity index (χ3n) is 7.58. The van der Waals surface area contributed by atoms with Gasteiger partial charge in [-0.05, 0) is 66.4 Å². The minimum Gasteiger partial charge on any atom is -0.495 e. The molecule has 4 rings (SSSR count). The Bertz CT molecular complexity index is 1700. The zero-order valence-electron chi connectivity index (χ0n) is 26.4. The molecule has 0 saturated carbocycles. The highest BCUT2D eigenvalue weighted by molar-refractivity contribution is 7.92. The van der Waals surface area contributed by atoms with E-state index in [9.17, 15) is 18.0 Å². The number of amides is 2. The van der Waals surface area contributed by atoms with Crippen molar-refractivity contribution in [1.82, 2.24) is 10.2 Å². The molecule has 0 aliphatic heterocycles. The maximum absolute atomic E-state index is 14.6. The Hall–Kier alpha value is -4.34. The highest BCUT2D eigenvalue weighted by Crippen LogP contribution is 2.34. The van der Waals surface area contributed by atoms with Crippen LogP contribution in [0.5, 0.6) is 5.75 Å². The molecular weight excluding hydrogens is 622 g/mol. The van der Waals surface area contributed by atoms with Gasteiger partial charge in [0.1, 0.15) is 18.3 Å². The standard InChI is InChI=1S/C36H40ClN3O5S/c1-4-5-22-38-36(42)33(24-28-12-8-6-9-13-28)39(25-29-17-19-30(37)20-18-29)35(41)26-40(32-23-27(2)16-21-34(32)45-3)46(43,44)31-14-10-7-11-15-31/h6-21,23,33H,4-5,22,24-26H2,1-3H3,(H,38,42)/t33-/m1/s1. The van der Waals surface area contributed by atoms with E-state index in [0.29, 0.717) is 17.3 Å². The zero-order chi connectivity index (χ0) is 33.1. The molecule has 0 radical (unpaired) electrons. The summed E-state index contributed by atoms with van der Waals surface area (Å²) in [5.74, 6) is -0.574. The van der Waals surface area contributed by atoms with Gasteiger partial charge in [-0.3, -0.25) is 13.9 Å². The fraction of sp³-hybridized carbons (Fsp3) is 0.278. The van der Waals surface area contributed by atoms with Gasteiger partial charge in [0, 0.05) is 24.5 Å². The van der Waals surface area contributed by atoms with Crippen molar-refractivity contribution in [2.75, 3.05) is 24.5 Å². The molecule has 0 aliphatic carbocycles. The number of sulfonamides is 1. The molecule has 4 aromatic rings. The van der Waals surface area contributed by atoms with Gasteiger partial charge >= 0.3 is 0 Å². The number of nitrogens with zero attached hydrogens (tertiary/aromatic N) is 2. The number of rotatable bonds is 15. The lowest BCUT2D eigenvalue weighted by Gasteiger charge is -2.34. The van der Waals surface area contributed by atoms with Crippen LogP contribution in [0.15, 0.2) is 108 Å². The molecular formula is C36H40ClN3O5S. The second kappa shape index (κ2) is 16.3. The second-order valence-corrected chi connectivity index (χ2v) is 13.3. The topological polar surface area (TPSA) is 96.0 Å². The number of hydrogen-bond acceptors (Lipinski definition) is 5. The summed E-state index contributed by atoms with van der Waals surface area (Å²) >= 11 is 6.16. The van der Waals surface area contributed by atoms with Crippen LogP contribution in [0.1, 0.15) is 36.5 Å². The minimum absolute atomic E-state index is 0.0220. The van der Waals surface area contributed by atoms with Crippen molar-refractivity contribution in [3.8, 4) is 5.75 Å². The van der Waals surface area contributed by atoms with Crippen LogP contribution in [-0.4, -0.2) is 51.4 Å². The average Bonchev–Trinajstić information content (AvgIpc) is 3.06. The number of nitrogens with one attached hydrogen (secondary N) is 1. The highest BCUT2D eigenvalue weighted by Gasteiger charge is 2.35. The molecule has 1 atom stereocenters. The van der Waals surface area contributed by atoms with Crippen LogP contribution in [-0.2, 0) is 32.6 Å². The molecule has 8 nitrogen and oxygen atoms in total. The fourth-order valence-electron chi connectivity index (χ4n) is 5.07. The lowest BCUT2D eigenvalue weighted by atomic mass is 10.0. The summed E-state index contributed by atoms with van der Waals surface area (Å²) in [6.45, 7) is 3.81. The summed E-state index contributed by atoms with van der Waals surface area (Å²) in [5.41, 5.74) is 2.61. The summed E-state index contributed by atoms with van der Waals surface area (Å²) in [5, 5.41) is 3.53. The number of anilines is 1. The summed E-state index contributed by atoms with van der Waals surface area (Å²) in [6, 6.07) is 28.7. The molecule has 0 aromatic heterocycles. The normalized spacial score (nSPS) is 11.8. The van der Waals surface area contributed by atoms with Crippen molar-refractivity contribution in [2.24, 2.45) is 0 Å². The van der Waals surface area contributed by atoms with Gasteiger partial charge in [-0.1, -0.05) is 91.7 Å². The molecule has 46 heavy (non-hydrogen) atoms. The van der Waals surface area contributed by atoms with E-state index in [1.165, 1.54) is 24.1 Å². The molecule has 0 saturated heterocycles. The Morgan fingerprint density at radius 3 is 2.17 bits per heavy atom. The predicted molar refractivity (Wildman–Crippen MR) is 183 cm³/mol. The van der Waals surface area contributed by atoms with E-state index >= 15 is 0 Å². The Labute approximate surface area is 277 Å². The molecule has 10 heteroatoms. The van der Waals surface area contributed by atoms with E-state index in [1.54, 1.807) is 60.7 Å². The van der Waals surface area contributed by atoms with Crippen molar-refractivity contribution in [2.45, 2.75) is 50.6 Å². The van der Waals surface area contributed by atoms with Gasteiger partial charge in [0.05, 0.1) is 17.7 Å². The van der Waals surface area contributed by atoms with Crippen LogP contribution in [0, 0.1) is 6.92 Å². The predicted octanol–water partition coefficient (Wildman–Crippen LogP) is 6.41. The number of aryl methyl sites for hydroxylation is 1. The van der Waals surface area contributed by atoms with Crippen LogP contribution >= 0.6 is 11.6 Å². The highest BCUT2D eigenvalue weighted by atomic mass is 35.5. The molecule has 0 aliphatic rings. The average molecular weight is 662 g/mol. The van der Waals surface area contributed by atoms with Crippen molar-refractivity contribution in [3.63, 3.8) is 0 Å². The molecule has 0 fully saturated rings. The Morgan fingerprint density at radius 2 is 1.54 bits per heavy atom. The molecule has 2 amide bonds. The monoisotopic (exact) mass is 661 g/mol. The van der Waals surface area contributed by atoms with Crippen molar-refractivity contribution in [1.29, 1.82) is 0 Å². The number of methoxy groups -OCH3 is 1. The van der Waals surface area contributed by atoms with Gasteiger partial charge in [0.2, 0.25) is 11.8 Å². The quantitative estimate of drug-likeness (QED) is 0.149. The number of ether oxygens (including phenoxy) is 1. The van der Waals surface area contributed by atoms with Crippen LogP contribution in [0.2, 0.25) is 5.02 Å². The van der Waals surface area contributed by atoms with Gasteiger partial charge in [-0.2, -0.15) is 0 Å². The second-order valence-electron chi connectivity index (χ2n) is 11.0. The summed E-state index contributed by atoms with van der Waals surface area (Å²) in [4.78, 5) is 29.9. The Balaban J connectivity index is 1.82. The lowest BCUT2D eigenvalue weighted by molar-refractivity contribution is -0.140. The number of unbranched alkanes of at least 4 members (excludes halogenated alkanes) is 1. The van der Waals surface area contributed by atoms with Crippen LogP contribution in [0.3, 0.4) is 0 Å². The zero-order valence-corrected chi connectivity index (χ0v) is 27.9. The maximum atomic E-state index is 14.6. The first kappa shape index (κ1) is 34.5. The van der Waals surface area contributed by atoms with Gasteiger partial charge < -0.3 is 15.0 Å². The molecule has 0 heterocycles. The summed E-state index contributed by atoms with van der Waals surface area (Å²) < 4.78 is 35.1. The summed E-state index contributed by atoms with van der Waals surface area (Å²) in [7, 11) is -2.79. The van der Waals surface area contributed by atoms with Crippen molar-refractivity contribution >= 4 is 39.1 Å². The number of hydrogen-bond donors (Lipinski definition) is 1. The SMILES string of the molecule is CCCCNC(=O)[C@@H](Cc1ccccc1)N(Cc1ccc(Cl)cc1)C(=O)CN(c1cc(C)ccc1OC)S(=O)(=O)c1ccccc1. The molecule has 4 aromatic carbocycles. The van der Waals surface area contributed by atoms with Crippen molar-refractivity contribution < 1.29 is 22.7 Å². The van der Waals surface area contributed by atoms with E-state index in [1.807, 2.05) is 44.2 Å². The lowest BCUT2D eigenvalue weighted by Crippen LogP contribution is -2.53. The first-order valence-corrected chi connectivity index (χ1v) is 17.0. The van der Waals surface area contributed by atoms with Gasteiger partial charge in [0.25, 0.3) is 10.0 Å². The smallest absolute Gasteiger partial charge is 0.264 e. The van der Waals surface area contributed by atoms with E-state index in [2.05, 4.69) is 5.32 Å². The van der Waals surface area contributed by atoms with Gasteiger partial charge in [-0.25, -0.2) is 8.42 Å².